The zero-order chi connectivity index (χ0) is 19.8. The van der Waals surface area contributed by atoms with Gasteiger partial charge in [-0.05, 0) is 45.0 Å². The number of esters is 2. The SMILES string of the molecule is COc1ccc(-c2nc(C3=C(OC(C)=O)CC(C)(C)OC3=O)c(C)s2)cc1. The maximum absolute atomic E-state index is 12.7. The van der Waals surface area contributed by atoms with Gasteiger partial charge in [0.25, 0.3) is 0 Å². The summed E-state index contributed by atoms with van der Waals surface area (Å²) in [6, 6.07) is 7.52. The first-order chi connectivity index (χ1) is 12.7. The third-order valence-corrected chi connectivity index (χ3v) is 5.10. The first-order valence-corrected chi connectivity index (χ1v) is 9.29. The third kappa shape index (κ3) is 4.03. The van der Waals surface area contributed by atoms with E-state index in [2.05, 4.69) is 4.98 Å². The monoisotopic (exact) mass is 387 g/mol. The van der Waals surface area contributed by atoms with Gasteiger partial charge in [0.2, 0.25) is 0 Å². The zero-order valence-electron chi connectivity index (χ0n) is 15.9. The Labute approximate surface area is 161 Å². The molecule has 0 saturated carbocycles. The number of thiazole rings is 1. The number of hydrogen-bond donors (Lipinski definition) is 0. The number of aryl methyl sites for hydroxylation is 1. The Bertz CT molecular complexity index is 924. The van der Waals surface area contributed by atoms with Crippen LogP contribution < -0.4 is 4.74 Å². The average molecular weight is 387 g/mol. The van der Waals surface area contributed by atoms with Gasteiger partial charge in [0.15, 0.2) is 0 Å². The van der Waals surface area contributed by atoms with Crippen molar-refractivity contribution in [1.29, 1.82) is 0 Å². The van der Waals surface area contributed by atoms with Gasteiger partial charge in [-0.3, -0.25) is 4.79 Å². The molecule has 1 aromatic heterocycles. The number of carbonyl (C=O) groups is 2. The topological polar surface area (TPSA) is 74.7 Å². The van der Waals surface area contributed by atoms with E-state index in [9.17, 15) is 9.59 Å². The fourth-order valence-electron chi connectivity index (χ4n) is 2.90. The summed E-state index contributed by atoms with van der Waals surface area (Å²) < 4.78 is 16.0. The molecule has 1 aliphatic heterocycles. The van der Waals surface area contributed by atoms with Crippen molar-refractivity contribution in [2.24, 2.45) is 0 Å². The minimum atomic E-state index is -0.742. The van der Waals surface area contributed by atoms with Gasteiger partial charge >= 0.3 is 11.9 Å². The van der Waals surface area contributed by atoms with Gasteiger partial charge in [-0.1, -0.05) is 0 Å². The van der Waals surface area contributed by atoms with Crippen LogP contribution in [-0.4, -0.2) is 29.6 Å². The van der Waals surface area contributed by atoms with Crippen LogP contribution in [0, 0.1) is 6.92 Å². The lowest BCUT2D eigenvalue weighted by molar-refractivity contribution is -0.153. The van der Waals surface area contributed by atoms with Gasteiger partial charge in [-0.25, -0.2) is 9.78 Å². The number of hydrogen-bond acceptors (Lipinski definition) is 7. The van der Waals surface area contributed by atoms with Crippen molar-refractivity contribution < 1.29 is 23.8 Å². The largest absolute Gasteiger partial charge is 0.497 e. The Morgan fingerprint density at radius 2 is 1.93 bits per heavy atom. The number of cyclic esters (lactones) is 1. The summed E-state index contributed by atoms with van der Waals surface area (Å²) in [6.07, 6.45) is 0.308. The predicted octanol–water partition coefficient (Wildman–Crippen LogP) is 4.13. The summed E-state index contributed by atoms with van der Waals surface area (Å²) >= 11 is 1.46. The van der Waals surface area contributed by atoms with Crippen molar-refractivity contribution in [3.63, 3.8) is 0 Å². The standard InChI is InChI=1S/C20H21NO5S/c1-11-17(21-18(27-11)13-6-8-14(24-5)9-7-13)16-15(25-12(2)22)10-20(3,4)26-19(16)23/h6-9H,10H2,1-5H3. The summed E-state index contributed by atoms with van der Waals surface area (Å²) in [5, 5.41) is 0.762. The first-order valence-electron chi connectivity index (χ1n) is 8.47. The third-order valence-electron chi connectivity index (χ3n) is 4.08. The molecule has 0 N–H and O–H groups in total. The van der Waals surface area contributed by atoms with Crippen LogP contribution in [0.5, 0.6) is 5.75 Å². The molecule has 0 unspecified atom stereocenters. The van der Waals surface area contributed by atoms with Gasteiger partial charge in [0.05, 0.1) is 12.8 Å². The van der Waals surface area contributed by atoms with Crippen molar-refractivity contribution in [3.8, 4) is 16.3 Å². The molecule has 0 saturated heterocycles. The maximum atomic E-state index is 12.7. The van der Waals surface area contributed by atoms with E-state index in [1.54, 1.807) is 21.0 Å². The van der Waals surface area contributed by atoms with Crippen molar-refractivity contribution >= 4 is 28.8 Å². The first kappa shape index (κ1) is 19.1. The Balaban J connectivity index is 2.07. The highest BCUT2D eigenvalue weighted by Gasteiger charge is 2.38. The summed E-state index contributed by atoms with van der Waals surface area (Å²) in [5.74, 6) is 0.0528. The molecule has 2 aromatic rings. The fraction of sp³-hybridized carbons (Fsp3) is 0.350. The molecule has 6 nitrogen and oxygen atoms in total. The number of benzene rings is 1. The quantitative estimate of drug-likeness (QED) is 0.735. The molecule has 0 spiro atoms. The molecule has 0 amide bonds. The van der Waals surface area contributed by atoms with E-state index < -0.39 is 17.5 Å². The molecule has 2 heterocycles. The number of methoxy groups -OCH3 is 1. The van der Waals surface area contributed by atoms with Crippen LogP contribution in [-0.2, 0) is 19.1 Å². The fourth-order valence-corrected chi connectivity index (χ4v) is 3.83. The van der Waals surface area contributed by atoms with Gasteiger partial charge in [-0.2, -0.15) is 0 Å². The van der Waals surface area contributed by atoms with Crippen LogP contribution in [0.15, 0.2) is 30.0 Å². The molecule has 3 rings (SSSR count). The molecule has 1 aliphatic rings. The molecule has 1 aromatic carbocycles. The van der Waals surface area contributed by atoms with E-state index in [1.165, 1.54) is 18.3 Å². The van der Waals surface area contributed by atoms with Gasteiger partial charge in [0.1, 0.15) is 27.7 Å². The van der Waals surface area contributed by atoms with Gasteiger partial charge in [0, 0.05) is 23.8 Å². The van der Waals surface area contributed by atoms with E-state index in [-0.39, 0.29) is 5.57 Å². The number of rotatable bonds is 4. The van der Waals surface area contributed by atoms with Crippen LogP contribution in [0.25, 0.3) is 16.1 Å². The summed E-state index contributed by atoms with van der Waals surface area (Å²) in [6.45, 7) is 6.75. The lowest BCUT2D eigenvalue weighted by Crippen LogP contribution is -2.35. The number of nitrogens with zero attached hydrogens (tertiary/aromatic N) is 1. The summed E-state index contributed by atoms with van der Waals surface area (Å²) in [4.78, 5) is 29.7. The van der Waals surface area contributed by atoms with Crippen LogP contribution in [0.2, 0.25) is 0 Å². The van der Waals surface area contributed by atoms with Gasteiger partial charge in [-0.15, -0.1) is 11.3 Å². The summed E-state index contributed by atoms with van der Waals surface area (Å²) in [7, 11) is 1.61. The van der Waals surface area contributed by atoms with Crippen molar-refractivity contribution in [2.75, 3.05) is 7.11 Å². The highest BCUT2D eigenvalue weighted by atomic mass is 32.1. The van der Waals surface area contributed by atoms with Gasteiger partial charge < -0.3 is 14.2 Å². The van der Waals surface area contributed by atoms with E-state index in [1.807, 2.05) is 31.2 Å². The minimum Gasteiger partial charge on any atom is -0.497 e. The molecule has 0 aliphatic carbocycles. The van der Waals surface area contributed by atoms with E-state index >= 15 is 0 Å². The van der Waals surface area contributed by atoms with Crippen molar-refractivity contribution in [3.05, 3.63) is 40.6 Å². The van der Waals surface area contributed by atoms with E-state index in [4.69, 9.17) is 14.2 Å². The summed E-state index contributed by atoms with van der Waals surface area (Å²) in [5.41, 5.74) is 0.878. The highest BCUT2D eigenvalue weighted by molar-refractivity contribution is 7.15. The second-order valence-corrected chi connectivity index (χ2v) is 8.07. The van der Waals surface area contributed by atoms with Crippen LogP contribution in [0.1, 0.15) is 37.8 Å². The molecular formula is C20H21NO5S. The van der Waals surface area contributed by atoms with Crippen LogP contribution in [0.3, 0.4) is 0 Å². The molecule has 7 heteroatoms. The Kier molecular flexibility index (Phi) is 5.06. The lowest BCUT2D eigenvalue weighted by Gasteiger charge is -2.31. The molecule has 0 bridgehead atoms. The second-order valence-electron chi connectivity index (χ2n) is 6.87. The predicted molar refractivity (Wildman–Crippen MR) is 102 cm³/mol. The molecule has 0 radical (unpaired) electrons. The Hall–Kier alpha value is -2.67. The van der Waals surface area contributed by atoms with Crippen LogP contribution in [0.4, 0.5) is 0 Å². The smallest absolute Gasteiger partial charge is 0.344 e. The molecule has 0 fully saturated rings. The second kappa shape index (κ2) is 7.15. The van der Waals surface area contributed by atoms with Crippen molar-refractivity contribution in [2.45, 2.75) is 39.7 Å². The van der Waals surface area contributed by atoms with Crippen LogP contribution >= 0.6 is 11.3 Å². The number of carbonyl (C=O) groups excluding carboxylic acids is 2. The molecule has 142 valence electrons. The van der Waals surface area contributed by atoms with Crippen molar-refractivity contribution in [1.82, 2.24) is 4.98 Å². The normalized spacial score (nSPS) is 16.1. The Morgan fingerprint density at radius 1 is 1.26 bits per heavy atom. The molecule has 0 atom stereocenters. The zero-order valence-corrected chi connectivity index (χ0v) is 16.7. The number of ether oxygens (including phenoxy) is 3. The Morgan fingerprint density at radius 3 is 2.52 bits per heavy atom. The lowest BCUT2D eigenvalue weighted by atomic mass is 9.95. The molecular weight excluding hydrogens is 366 g/mol. The maximum Gasteiger partial charge on any atom is 0.344 e. The molecule has 27 heavy (non-hydrogen) atoms. The highest BCUT2D eigenvalue weighted by Crippen LogP contribution is 2.39. The minimum absolute atomic E-state index is 0.220. The average Bonchev–Trinajstić information content (AvgIpc) is 2.94. The number of aromatic nitrogens is 1. The van der Waals surface area contributed by atoms with E-state index in [0.717, 1.165) is 21.2 Å². The van der Waals surface area contributed by atoms with E-state index in [0.29, 0.717) is 17.9 Å².